The molecule has 0 aromatic heterocycles. The van der Waals surface area contributed by atoms with Gasteiger partial charge in [0.15, 0.2) is 0 Å². The fraction of sp³-hybridized carbons (Fsp3) is 0.368. The van der Waals surface area contributed by atoms with Gasteiger partial charge in [-0.15, -0.1) is 0 Å². The number of nitro groups is 1. The number of halogens is 4. The molecule has 5 nitrogen and oxygen atoms in total. The first-order chi connectivity index (χ1) is 13.1. The Morgan fingerprint density at radius 1 is 1.11 bits per heavy atom. The van der Waals surface area contributed by atoms with E-state index in [0.29, 0.717) is 49.5 Å². The minimum absolute atomic E-state index is 0.283. The third kappa shape index (κ3) is 4.41. The number of hydrogen-bond acceptors (Lipinski definition) is 4. The zero-order chi connectivity index (χ0) is 20.5. The minimum atomic E-state index is -4.38. The molecular formula is C19H19F4N3O2. The summed E-state index contributed by atoms with van der Waals surface area (Å²) in [5.41, 5.74) is 0.289. The van der Waals surface area contributed by atoms with Gasteiger partial charge in [0.05, 0.1) is 16.6 Å². The van der Waals surface area contributed by atoms with Crippen LogP contribution >= 0.6 is 0 Å². The average Bonchev–Trinajstić information content (AvgIpc) is 2.64. The maximum atomic E-state index is 13.7. The predicted octanol–water partition coefficient (Wildman–Crippen LogP) is 4.38. The lowest BCUT2D eigenvalue weighted by Crippen LogP contribution is -2.46. The van der Waals surface area contributed by atoms with Crippen LogP contribution in [0.25, 0.3) is 0 Å². The van der Waals surface area contributed by atoms with Gasteiger partial charge in [0.2, 0.25) is 0 Å². The number of benzene rings is 2. The van der Waals surface area contributed by atoms with Gasteiger partial charge in [0.1, 0.15) is 11.5 Å². The van der Waals surface area contributed by atoms with E-state index in [1.807, 2.05) is 9.80 Å². The first kappa shape index (κ1) is 20.1. The van der Waals surface area contributed by atoms with Crippen LogP contribution in [0.15, 0.2) is 36.4 Å². The summed E-state index contributed by atoms with van der Waals surface area (Å²) in [5.74, 6) is -0.626. The smallest absolute Gasteiger partial charge is 0.363 e. The maximum Gasteiger partial charge on any atom is 0.416 e. The molecule has 0 N–H and O–H groups in total. The molecular weight excluding hydrogens is 378 g/mol. The van der Waals surface area contributed by atoms with Crippen molar-refractivity contribution < 1.29 is 22.5 Å². The predicted molar refractivity (Wildman–Crippen MR) is 96.7 cm³/mol. The van der Waals surface area contributed by atoms with E-state index >= 15 is 0 Å². The first-order valence-electron chi connectivity index (χ1n) is 8.73. The second kappa shape index (κ2) is 7.75. The average molecular weight is 397 g/mol. The molecule has 1 saturated heterocycles. The third-order valence-corrected chi connectivity index (χ3v) is 4.83. The summed E-state index contributed by atoms with van der Waals surface area (Å²) in [7, 11) is 0. The van der Waals surface area contributed by atoms with Gasteiger partial charge in [-0.1, -0.05) is 18.2 Å². The van der Waals surface area contributed by atoms with E-state index < -0.39 is 22.5 Å². The van der Waals surface area contributed by atoms with Crippen LogP contribution in [-0.4, -0.2) is 36.0 Å². The van der Waals surface area contributed by atoms with Crippen molar-refractivity contribution in [2.45, 2.75) is 19.6 Å². The molecule has 0 aliphatic carbocycles. The molecule has 0 atom stereocenters. The Balaban J connectivity index is 1.69. The number of hydrogen-bond donors (Lipinski definition) is 0. The van der Waals surface area contributed by atoms with Crippen molar-refractivity contribution in [3.8, 4) is 0 Å². The van der Waals surface area contributed by atoms with Crippen molar-refractivity contribution in [2.75, 3.05) is 31.1 Å². The fourth-order valence-corrected chi connectivity index (χ4v) is 3.31. The van der Waals surface area contributed by atoms with Gasteiger partial charge in [-0.2, -0.15) is 13.2 Å². The van der Waals surface area contributed by atoms with Crippen LogP contribution in [0.5, 0.6) is 0 Å². The van der Waals surface area contributed by atoms with Crippen molar-refractivity contribution in [1.82, 2.24) is 4.90 Å². The van der Waals surface area contributed by atoms with Crippen LogP contribution in [-0.2, 0) is 12.7 Å². The zero-order valence-corrected chi connectivity index (χ0v) is 15.2. The Morgan fingerprint density at radius 2 is 1.79 bits per heavy atom. The molecule has 0 unspecified atom stereocenters. The quantitative estimate of drug-likeness (QED) is 0.436. The van der Waals surface area contributed by atoms with Crippen molar-refractivity contribution in [1.29, 1.82) is 0 Å². The number of piperazine rings is 1. The molecule has 2 aromatic carbocycles. The van der Waals surface area contributed by atoms with Crippen LogP contribution in [0, 0.1) is 22.9 Å². The van der Waals surface area contributed by atoms with Crippen molar-refractivity contribution in [3.05, 3.63) is 69.0 Å². The summed E-state index contributed by atoms with van der Waals surface area (Å²) in [6.07, 6.45) is -4.38. The van der Waals surface area contributed by atoms with Crippen LogP contribution < -0.4 is 4.90 Å². The van der Waals surface area contributed by atoms with Gasteiger partial charge in [0.25, 0.3) is 5.69 Å². The van der Waals surface area contributed by atoms with Crippen molar-refractivity contribution >= 4 is 11.4 Å². The Kier molecular flexibility index (Phi) is 5.55. The zero-order valence-electron chi connectivity index (χ0n) is 15.2. The Hall–Kier alpha value is -2.68. The van der Waals surface area contributed by atoms with Gasteiger partial charge in [-0.3, -0.25) is 15.0 Å². The summed E-state index contributed by atoms with van der Waals surface area (Å²) in [4.78, 5) is 14.5. The summed E-state index contributed by atoms with van der Waals surface area (Å²) in [6, 6.07) is 7.61. The summed E-state index contributed by atoms with van der Waals surface area (Å²) in [5, 5.41) is 11.3. The molecule has 1 aliphatic rings. The highest BCUT2D eigenvalue weighted by Crippen LogP contribution is 2.32. The molecule has 0 bridgehead atoms. The SMILES string of the molecule is Cc1cc(N2CCN(Cc3cccc(C(F)(F)F)c3)CC2)c([N+](=O)[O-])cc1F. The monoisotopic (exact) mass is 397 g/mol. The van der Waals surface area contributed by atoms with Crippen LogP contribution in [0.3, 0.4) is 0 Å². The molecule has 0 radical (unpaired) electrons. The summed E-state index contributed by atoms with van der Waals surface area (Å²) in [6.45, 7) is 3.90. The van der Waals surface area contributed by atoms with Gasteiger partial charge in [-0.25, -0.2) is 4.39 Å². The first-order valence-corrected chi connectivity index (χ1v) is 8.73. The molecule has 3 rings (SSSR count). The number of nitrogens with zero attached hydrogens (tertiary/aromatic N) is 3. The van der Waals surface area contributed by atoms with Crippen LogP contribution in [0.2, 0.25) is 0 Å². The molecule has 0 amide bonds. The van der Waals surface area contributed by atoms with E-state index in [4.69, 9.17) is 0 Å². The molecule has 28 heavy (non-hydrogen) atoms. The minimum Gasteiger partial charge on any atom is -0.363 e. The van der Waals surface area contributed by atoms with Crippen molar-refractivity contribution in [3.63, 3.8) is 0 Å². The van der Waals surface area contributed by atoms with Gasteiger partial charge >= 0.3 is 6.18 Å². The molecule has 0 saturated carbocycles. The standard InChI is InChI=1S/C19H19F4N3O2/c1-13-9-17(18(26(27)28)11-16(13)20)25-7-5-24(6-8-25)12-14-3-2-4-15(10-14)19(21,22)23/h2-4,9-11H,5-8,12H2,1H3. The highest BCUT2D eigenvalue weighted by molar-refractivity contribution is 5.65. The lowest BCUT2D eigenvalue weighted by Gasteiger charge is -2.36. The van der Waals surface area contributed by atoms with E-state index in [-0.39, 0.29) is 5.69 Å². The number of alkyl halides is 3. The van der Waals surface area contributed by atoms with Crippen LogP contribution in [0.4, 0.5) is 28.9 Å². The van der Waals surface area contributed by atoms with Crippen molar-refractivity contribution in [2.24, 2.45) is 0 Å². The fourth-order valence-electron chi connectivity index (χ4n) is 3.31. The molecule has 1 aliphatic heterocycles. The Bertz CT molecular complexity index is 878. The van der Waals surface area contributed by atoms with Gasteiger partial charge < -0.3 is 4.90 Å². The van der Waals surface area contributed by atoms with Gasteiger partial charge in [-0.05, 0) is 30.2 Å². The number of nitro benzene ring substituents is 1. The number of anilines is 1. The summed E-state index contributed by atoms with van der Waals surface area (Å²) < 4.78 is 52.2. The Labute approximate surface area is 159 Å². The number of aryl methyl sites for hydroxylation is 1. The summed E-state index contributed by atoms with van der Waals surface area (Å²) >= 11 is 0. The normalized spacial score (nSPS) is 15.7. The second-order valence-corrected chi connectivity index (χ2v) is 6.81. The van der Waals surface area contributed by atoms with E-state index in [1.54, 1.807) is 13.0 Å². The second-order valence-electron chi connectivity index (χ2n) is 6.81. The largest absolute Gasteiger partial charge is 0.416 e. The molecule has 2 aromatic rings. The molecule has 0 spiro atoms. The van der Waals surface area contributed by atoms with E-state index in [0.717, 1.165) is 18.2 Å². The third-order valence-electron chi connectivity index (χ3n) is 4.83. The molecule has 1 fully saturated rings. The lowest BCUT2D eigenvalue weighted by molar-refractivity contribution is -0.384. The number of rotatable bonds is 4. The lowest BCUT2D eigenvalue weighted by atomic mass is 10.1. The highest BCUT2D eigenvalue weighted by Gasteiger charge is 2.31. The maximum absolute atomic E-state index is 13.7. The molecule has 1 heterocycles. The van der Waals surface area contributed by atoms with Crippen LogP contribution in [0.1, 0.15) is 16.7 Å². The van der Waals surface area contributed by atoms with Gasteiger partial charge in [0, 0.05) is 32.7 Å². The molecule has 9 heteroatoms. The van der Waals surface area contributed by atoms with E-state index in [2.05, 4.69) is 0 Å². The molecule has 150 valence electrons. The van der Waals surface area contributed by atoms with E-state index in [9.17, 15) is 27.7 Å². The topological polar surface area (TPSA) is 49.6 Å². The highest BCUT2D eigenvalue weighted by atomic mass is 19.4. The Morgan fingerprint density at radius 3 is 2.39 bits per heavy atom. The van der Waals surface area contributed by atoms with E-state index in [1.165, 1.54) is 12.1 Å².